The van der Waals surface area contributed by atoms with E-state index in [0.717, 1.165) is 12.5 Å². The Bertz CT molecular complexity index is 380. The number of likely N-dealkylation sites (tertiary alicyclic amines) is 1. The Morgan fingerprint density at radius 3 is 2.75 bits per heavy atom. The molecule has 20 heavy (non-hydrogen) atoms. The first kappa shape index (κ1) is 15.7. The van der Waals surface area contributed by atoms with Crippen molar-refractivity contribution >= 4 is 12.4 Å². The summed E-state index contributed by atoms with van der Waals surface area (Å²) in [6.45, 7) is 9.59. The number of hydrogen-bond acceptors (Lipinski definition) is 4. The van der Waals surface area contributed by atoms with E-state index in [0.29, 0.717) is 5.41 Å². The average molecular weight is 300 g/mol. The van der Waals surface area contributed by atoms with Crippen molar-refractivity contribution in [2.75, 3.05) is 32.7 Å². The first-order chi connectivity index (χ1) is 9.23. The fraction of sp³-hybridized carbons (Fsp3) is 0.857. The van der Waals surface area contributed by atoms with Crippen LogP contribution in [0.1, 0.15) is 26.2 Å². The number of aromatic nitrogens is 3. The normalized spacial score (nSPS) is 28.4. The molecule has 2 saturated heterocycles. The van der Waals surface area contributed by atoms with Gasteiger partial charge in [0.1, 0.15) is 12.7 Å². The Balaban J connectivity index is 0.00000147. The van der Waals surface area contributed by atoms with Crippen LogP contribution in [0.5, 0.6) is 0 Å². The van der Waals surface area contributed by atoms with Gasteiger partial charge in [0, 0.05) is 19.6 Å². The Labute approximate surface area is 127 Å². The van der Waals surface area contributed by atoms with Crippen LogP contribution >= 0.6 is 12.4 Å². The third-order valence-corrected chi connectivity index (χ3v) is 4.68. The Hall–Kier alpha value is -0.650. The molecular weight excluding hydrogens is 274 g/mol. The van der Waals surface area contributed by atoms with E-state index in [2.05, 4.69) is 27.2 Å². The molecule has 2 aliphatic heterocycles. The summed E-state index contributed by atoms with van der Waals surface area (Å²) in [5, 5.41) is 7.70. The summed E-state index contributed by atoms with van der Waals surface area (Å²) in [7, 11) is 0. The summed E-state index contributed by atoms with van der Waals surface area (Å²) >= 11 is 0. The van der Waals surface area contributed by atoms with Crippen LogP contribution in [-0.4, -0.2) is 52.4 Å². The average Bonchev–Trinajstić information content (AvgIpc) is 3.04. The molecule has 0 bridgehead atoms. The van der Waals surface area contributed by atoms with Gasteiger partial charge in [0.2, 0.25) is 0 Å². The second-order valence-electron chi connectivity index (χ2n) is 6.57. The largest absolute Gasteiger partial charge is 0.316 e. The highest BCUT2D eigenvalue weighted by Crippen LogP contribution is 2.28. The number of piperidine rings is 1. The fourth-order valence-corrected chi connectivity index (χ4v) is 3.46. The third kappa shape index (κ3) is 3.93. The van der Waals surface area contributed by atoms with E-state index >= 15 is 0 Å². The molecule has 0 radical (unpaired) electrons. The Morgan fingerprint density at radius 2 is 2.15 bits per heavy atom. The van der Waals surface area contributed by atoms with Gasteiger partial charge in [-0.1, -0.05) is 6.92 Å². The minimum Gasteiger partial charge on any atom is -0.316 e. The molecule has 5 nitrogen and oxygen atoms in total. The van der Waals surface area contributed by atoms with E-state index in [9.17, 15) is 0 Å². The molecule has 0 aromatic carbocycles. The lowest BCUT2D eigenvalue weighted by molar-refractivity contribution is 0.121. The molecule has 0 aliphatic carbocycles. The molecule has 114 valence electrons. The van der Waals surface area contributed by atoms with Crippen LogP contribution in [-0.2, 0) is 6.54 Å². The molecule has 3 heterocycles. The monoisotopic (exact) mass is 299 g/mol. The zero-order valence-corrected chi connectivity index (χ0v) is 13.1. The van der Waals surface area contributed by atoms with E-state index in [1.807, 2.05) is 11.0 Å². The highest BCUT2D eigenvalue weighted by molar-refractivity contribution is 5.85. The highest BCUT2D eigenvalue weighted by Gasteiger charge is 2.32. The molecule has 3 rings (SSSR count). The maximum Gasteiger partial charge on any atom is 0.137 e. The minimum atomic E-state index is 0. The maximum atomic E-state index is 4.21. The topological polar surface area (TPSA) is 46.0 Å². The van der Waals surface area contributed by atoms with Crippen molar-refractivity contribution in [1.82, 2.24) is 25.0 Å². The van der Waals surface area contributed by atoms with Gasteiger partial charge in [-0.05, 0) is 50.2 Å². The number of nitrogens with one attached hydrogen (secondary N) is 1. The van der Waals surface area contributed by atoms with Gasteiger partial charge < -0.3 is 10.2 Å². The maximum absolute atomic E-state index is 4.21. The summed E-state index contributed by atoms with van der Waals surface area (Å²) in [5.74, 6) is 0.771. The van der Waals surface area contributed by atoms with Gasteiger partial charge in [-0.15, -0.1) is 12.4 Å². The highest BCUT2D eigenvalue weighted by atomic mass is 35.5. The lowest BCUT2D eigenvalue weighted by Crippen LogP contribution is -2.42. The van der Waals surface area contributed by atoms with Crippen LogP contribution in [0.25, 0.3) is 0 Å². The van der Waals surface area contributed by atoms with Gasteiger partial charge in [-0.3, -0.25) is 4.68 Å². The summed E-state index contributed by atoms with van der Waals surface area (Å²) in [6, 6.07) is 0. The molecule has 6 heteroatoms. The second kappa shape index (κ2) is 6.87. The van der Waals surface area contributed by atoms with Crippen LogP contribution in [0.4, 0.5) is 0 Å². The smallest absolute Gasteiger partial charge is 0.137 e. The third-order valence-electron chi connectivity index (χ3n) is 4.68. The lowest BCUT2D eigenvalue weighted by Gasteiger charge is -2.37. The molecule has 1 aromatic rings. The number of halogens is 1. The number of nitrogens with zero attached hydrogens (tertiary/aromatic N) is 4. The molecule has 1 unspecified atom stereocenters. The molecule has 1 N–H and O–H groups in total. The van der Waals surface area contributed by atoms with E-state index in [1.54, 1.807) is 6.33 Å². The van der Waals surface area contributed by atoms with Crippen LogP contribution in [0.15, 0.2) is 12.7 Å². The van der Waals surface area contributed by atoms with Gasteiger partial charge in [-0.25, -0.2) is 4.98 Å². The predicted octanol–water partition coefficient (Wildman–Crippen LogP) is 1.41. The van der Waals surface area contributed by atoms with Crippen molar-refractivity contribution in [3.63, 3.8) is 0 Å². The quantitative estimate of drug-likeness (QED) is 0.913. The molecular formula is C14H26ClN5. The Morgan fingerprint density at radius 1 is 1.35 bits per heavy atom. The number of hydrogen-bond donors (Lipinski definition) is 1. The van der Waals surface area contributed by atoms with Gasteiger partial charge in [0.05, 0.1) is 0 Å². The summed E-state index contributed by atoms with van der Waals surface area (Å²) in [5.41, 5.74) is 0.499. The summed E-state index contributed by atoms with van der Waals surface area (Å²) in [6.07, 6.45) is 7.37. The zero-order valence-electron chi connectivity index (χ0n) is 12.3. The SMILES string of the molecule is CC1(CN2CCC(Cn3cncn3)CC2)CCNC1.Cl. The molecule has 2 aliphatic rings. The fourth-order valence-electron chi connectivity index (χ4n) is 3.46. The van der Waals surface area contributed by atoms with Gasteiger partial charge in [0.25, 0.3) is 0 Å². The van der Waals surface area contributed by atoms with Crippen molar-refractivity contribution in [3.8, 4) is 0 Å². The van der Waals surface area contributed by atoms with Crippen molar-refractivity contribution in [3.05, 3.63) is 12.7 Å². The van der Waals surface area contributed by atoms with Gasteiger partial charge in [-0.2, -0.15) is 5.10 Å². The molecule has 0 amide bonds. The minimum absolute atomic E-state index is 0. The van der Waals surface area contributed by atoms with Crippen molar-refractivity contribution < 1.29 is 0 Å². The summed E-state index contributed by atoms with van der Waals surface area (Å²) < 4.78 is 1.97. The van der Waals surface area contributed by atoms with Crippen LogP contribution < -0.4 is 5.32 Å². The van der Waals surface area contributed by atoms with Crippen molar-refractivity contribution in [1.29, 1.82) is 0 Å². The molecule has 1 atom stereocenters. The van der Waals surface area contributed by atoms with E-state index < -0.39 is 0 Å². The van der Waals surface area contributed by atoms with Crippen LogP contribution in [0, 0.1) is 11.3 Å². The second-order valence-corrected chi connectivity index (χ2v) is 6.57. The first-order valence-corrected chi connectivity index (χ1v) is 7.49. The van der Waals surface area contributed by atoms with Crippen LogP contribution in [0.2, 0.25) is 0 Å². The molecule has 2 fully saturated rings. The van der Waals surface area contributed by atoms with Gasteiger partial charge in [0.15, 0.2) is 0 Å². The summed E-state index contributed by atoms with van der Waals surface area (Å²) in [4.78, 5) is 6.67. The molecule has 1 aromatic heterocycles. The molecule has 0 saturated carbocycles. The van der Waals surface area contributed by atoms with Crippen molar-refractivity contribution in [2.45, 2.75) is 32.7 Å². The lowest BCUT2D eigenvalue weighted by atomic mass is 9.87. The van der Waals surface area contributed by atoms with E-state index in [-0.39, 0.29) is 12.4 Å². The van der Waals surface area contributed by atoms with E-state index in [1.165, 1.54) is 52.0 Å². The standard InChI is InChI=1S/C14H25N5.ClH/c1-14(4-5-15-9-14)10-18-6-2-13(3-7-18)8-19-12-16-11-17-19;/h11-13,15H,2-10H2,1H3;1H. The number of rotatable bonds is 4. The zero-order chi connectivity index (χ0) is 13.1. The predicted molar refractivity (Wildman–Crippen MR) is 82.0 cm³/mol. The van der Waals surface area contributed by atoms with Gasteiger partial charge >= 0.3 is 0 Å². The molecule has 0 spiro atoms. The van der Waals surface area contributed by atoms with Crippen molar-refractivity contribution in [2.24, 2.45) is 11.3 Å². The van der Waals surface area contributed by atoms with E-state index in [4.69, 9.17) is 0 Å². The Kier molecular flexibility index (Phi) is 5.41. The first-order valence-electron chi connectivity index (χ1n) is 7.49. The van der Waals surface area contributed by atoms with Crippen LogP contribution in [0.3, 0.4) is 0 Å².